The minimum Gasteiger partial charge on any atom is -0.390 e. The van der Waals surface area contributed by atoms with E-state index in [0.717, 1.165) is 31.6 Å². The molecule has 0 saturated heterocycles. The lowest BCUT2D eigenvalue weighted by atomic mass is 9.71. The minimum absolute atomic E-state index is 0.460. The SMILES string of the molecule is C#CCCC1(O)CCC(C)C(C)C1. The average molecular weight is 180 g/mol. The van der Waals surface area contributed by atoms with Gasteiger partial charge in [-0.2, -0.15) is 0 Å². The Morgan fingerprint density at radius 3 is 2.69 bits per heavy atom. The molecular weight excluding hydrogens is 160 g/mol. The highest BCUT2D eigenvalue weighted by Gasteiger charge is 2.34. The van der Waals surface area contributed by atoms with E-state index in [4.69, 9.17) is 6.42 Å². The molecule has 13 heavy (non-hydrogen) atoms. The molecule has 0 radical (unpaired) electrons. The average Bonchev–Trinajstić information content (AvgIpc) is 2.09. The number of aliphatic hydroxyl groups is 1. The Balaban J connectivity index is 2.47. The van der Waals surface area contributed by atoms with Gasteiger partial charge >= 0.3 is 0 Å². The van der Waals surface area contributed by atoms with Gasteiger partial charge < -0.3 is 5.11 Å². The summed E-state index contributed by atoms with van der Waals surface area (Å²) in [5, 5.41) is 10.2. The molecule has 3 atom stereocenters. The third-order valence-electron chi connectivity index (χ3n) is 3.47. The number of hydrogen-bond donors (Lipinski definition) is 1. The Hall–Kier alpha value is -0.480. The molecule has 0 aliphatic heterocycles. The fourth-order valence-corrected chi connectivity index (χ4v) is 2.22. The van der Waals surface area contributed by atoms with Gasteiger partial charge in [-0.1, -0.05) is 13.8 Å². The van der Waals surface area contributed by atoms with Crippen LogP contribution in [-0.2, 0) is 0 Å². The van der Waals surface area contributed by atoms with Crippen molar-refractivity contribution in [2.24, 2.45) is 11.8 Å². The normalized spacial score (nSPS) is 39.8. The highest BCUT2D eigenvalue weighted by atomic mass is 16.3. The molecule has 0 aromatic heterocycles. The maximum atomic E-state index is 10.2. The second kappa shape index (κ2) is 4.15. The standard InChI is InChI=1S/C12H20O/c1-4-5-7-12(13)8-6-10(2)11(3)9-12/h1,10-11,13H,5-9H2,2-3H3. The Morgan fingerprint density at radius 1 is 1.46 bits per heavy atom. The molecule has 3 unspecified atom stereocenters. The van der Waals surface area contributed by atoms with E-state index in [9.17, 15) is 5.11 Å². The van der Waals surface area contributed by atoms with E-state index in [1.165, 1.54) is 0 Å². The van der Waals surface area contributed by atoms with E-state index in [1.807, 2.05) is 0 Å². The molecule has 1 fully saturated rings. The van der Waals surface area contributed by atoms with Crippen molar-refractivity contribution in [3.63, 3.8) is 0 Å². The summed E-state index contributed by atoms with van der Waals surface area (Å²) in [6.45, 7) is 4.50. The van der Waals surface area contributed by atoms with Crippen LogP contribution in [0.4, 0.5) is 0 Å². The molecule has 1 saturated carbocycles. The van der Waals surface area contributed by atoms with E-state index in [-0.39, 0.29) is 0 Å². The van der Waals surface area contributed by atoms with E-state index in [0.29, 0.717) is 12.3 Å². The zero-order valence-electron chi connectivity index (χ0n) is 8.71. The van der Waals surface area contributed by atoms with Gasteiger partial charge in [0.05, 0.1) is 5.60 Å². The van der Waals surface area contributed by atoms with Crippen LogP contribution < -0.4 is 0 Å². The summed E-state index contributed by atoms with van der Waals surface area (Å²) in [7, 11) is 0. The first-order valence-electron chi connectivity index (χ1n) is 5.23. The summed E-state index contributed by atoms with van der Waals surface area (Å²) >= 11 is 0. The molecule has 1 aliphatic rings. The van der Waals surface area contributed by atoms with Gasteiger partial charge in [-0.15, -0.1) is 12.3 Å². The van der Waals surface area contributed by atoms with Crippen molar-refractivity contribution < 1.29 is 5.11 Å². The molecule has 1 nitrogen and oxygen atoms in total. The molecule has 1 N–H and O–H groups in total. The highest BCUT2D eigenvalue weighted by Crippen LogP contribution is 2.38. The van der Waals surface area contributed by atoms with Crippen LogP contribution in [-0.4, -0.2) is 10.7 Å². The zero-order valence-corrected chi connectivity index (χ0v) is 8.71. The molecule has 1 rings (SSSR count). The van der Waals surface area contributed by atoms with Crippen molar-refractivity contribution >= 4 is 0 Å². The van der Waals surface area contributed by atoms with Crippen LogP contribution in [0.15, 0.2) is 0 Å². The van der Waals surface area contributed by atoms with Crippen molar-refractivity contribution in [3.8, 4) is 12.3 Å². The molecule has 0 aromatic carbocycles. The molecule has 0 bridgehead atoms. The molecule has 1 heteroatoms. The predicted octanol–water partition coefficient (Wildman–Crippen LogP) is 2.59. The molecule has 0 spiro atoms. The van der Waals surface area contributed by atoms with Crippen molar-refractivity contribution in [1.29, 1.82) is 0 Å². The molecule has 0 amide bonds. The summed E-state index contributed by atoms with van der Waals surface area (Å²) in [6, 6.07) is 0. The quantitative estimate of drug-likeness (QED) is 0.648. The van der Waals surface area contributed by atoms with E-state index in [1.54, 1.807) is 0 Å². The first-order chi connectivity index (χ1) is 6.07. The van der Waals surface area contributed by atoms with Gasteiger partial charge in [0.15, 0.2) is 0 Å². The van der Waals surface area contributed by atoms with Gasteiger partial charge in [0.1, 0.15) is 0 Å². The third kappa shape index (κ3) is 2.74. The van der Waals surface area contributed by atoms with Crippen molar-refractivity contribution in [1.82, 2.24) is 0 Å². The summed E-state index contributed by atoms with van der Waals surface area (Å²) in [5.41, 5.74) is -0.460. The lowest BCUT2D eigenvalue weighted by Gasteiger charge is -2.38. The maximum absolute atomic E-state index is 10.2. The van der Waals surface area contributed by atoms with Crippen LogP contribution in [0.25, 0.3) is 0 Å². The van der Waals surface area contributed by atoms with Crippen LogP contribution in [0.1, 0.15) is 46.0 Å². The van der Waals surface area contributed by atoms with Crippen molar-refractivity contribution in [2.75, 3.05) is 0 Å². The number of rotatable bonds is 2. The van der Waals surface area contributed by atoms with Crippen LogP contribution in [0, 0.1) is 24.2 Å². The second-order valence-electron chi connectivity index (χ2n) is 4.63. The number of terminal acetylenes is 1. The monoisotopic (exact) mass is 180 g/mol. The van der Waals surface area contributed by atoms with E-state index < -0.39 is 5.60 Å². The lowest BCUT2D eigenvalue weighted by molar-refractivity contribution is -0.0338. The smallest absolute Gasteiger partial charge is 0.0659 e. The zero-order chi connectivity index (χ0) is 9.90. The topological polar surface area (TPSA) is 20.2 Å². The molecule has 74 valence electrons. The summed E-state index contributed by atoms with van der Waals surface area (Å²) < 4.78 is 0. The van der Waals surface area contributed by atoms with Gasteiger partial charge in [-0.05, 0) is 37.5 Å². The second-order valence-corrected chi connectivity index (χ2v) is 4.63. The highest BCUT2D eigenvalue weighted by molar-refractivity contribution is 4.93. The van der Waals surface area contributed by atoms with Crippen LogP contribution in [0.2, 0.25) is 0 Å². The first kappa shape index (κ1) is 10.6. The molecule has 1 aliphatic carbocycles. The number of hydrogen-bond acceptors (Lipinski definition) is 1. The largest absolute Gasteiger partial charge is 0.390 e. The van der Waals surface area contributed by atoms with Crippen LogP contribution in [0.3, 0.4) is 0 Å². The Kier molecular flexibility index (Phi) is 3.39. The van der Waals surface area contributed by atoms with Crippen LogP contribution in [0.5, 0.6) is 0 Å². The van der Waals surface area contributed by atoms with Gasteiger partial charge in [-0.3, -0.25) is 0 Å². The fraction of sp³-hybridized carbons (Fsp3) is 0.833. The summed E-state index contributed by atoms with van der Waals surface area (Å²) in [4.78, 5) is 0. The Labute approximate surface area is 81.5 Å². The van der Waals surface area contributed by atoms with E-state index in [2.05, 4.69) is 19.8 Å². The summed E-state index contributed by atoms with van der Waals surface area (Å²) in [5.74, 6) is 4.00. The van der Waals surface area contributed by atoms with Crippen LogP contribution >= 0.6 is 0 Å². The molecule has 0 aromatic rings. The predicted molar refractivity (Wildman–Crippen MR) is 55.2 cm³/mol. The minimum atomic E-state index is -0.460. The first-order valence-corrected chi connectivity index (χ1v) is 5.23. The van der Waals surface area contributed by atoms with Crippen molar-refractivity contribution in [3.05, 3.63) is 0 Å². The lowest BCUT2D eigenvalue weighted by Crippen LogP contribution is -2.37. The van der Waals surface area contributed by atoms with Gasteiger partial charge in [-0.25, -0.2) is 0 Å². The van der Waals surface area contributed by atoms with Gasteiger partial charge in [0, 0.05) is 6.42 Å². The van der Waals surface area contributed by atoms with Crippen molar-refractivity contribution in [2.45, 2.75) is 51.6 Å². The third-order valence-corrected chi connectivity index (χ3v) is 3.47. The van der Waals surface area contributed by atoms with Gasteiger partial charge in [0.2, 0.25) is 0 Å². The molecule has 0 heterocycles. The summed E-state index contributed by atoms with van der Waals surface area (Å²) in [6.07, 6.45) is 9.69. The fourth-order valence-electron chi connectivity index (χ4n) is 2.22. The van der Waals surface area contributed by atoms with E-state index >= 15 is 0 Å². The Bertz CT molecular complexity index is 204. The van der Waals surface area contributed by atoms with Gasteiger partial charge in [0.25, 0.3) is 0 Å². The Morgan fingerprint density at radius 2 is 2.15 bits per heavy atom. The molecular formula is C12H20O. The maximum Gasteiger partial charge on any atom is 0.0659 e.